The van der Waals surface area contributed by atoms with Crippen molar-refractivity contribution in [1.82, 2.24) is 10.2 Å². The first-order valence-electron chi connectivity index (χ1n) is 7.74. The topological polar surface area (TPSA) is 32.3 Å². The highest BCUT2D eigenvalue weighted by Gasteiger charge is 2.33. The Hall–Kier alpha value is -0.570. The van der Waals surface area contributed by atoms with Gasteiger partial charge in [0, 0.05) is 13.1 Å². The standard InChI is InChI=1S/C15H28N2O/c1-3-9-16-14-8-10-17(15(14)18)11-13-7-5-4-6-12(13)2/h12-14,16H,3-11H2,1-2H3. The van der Waals surface area contributed by atoms with Crippen molar-refractivity contribution in [1.29, 1.82) is 0 Å². The van der Waals surface area contributed by atoms with Gasteiger partial charge in [-0.25, -0.2) is 0 Å². The maximum Gasteiger partial charge on any atom is 0.239 e. The van der Waals surface area contributed by atoms with Crippen LogP contribution in [0.1, 0.15) is 52.4 Å². The molecular weight excluding hydrogens is 224 g/mol. The fraction of sp³-hybridized carbons (Fsp3) is 0.933. The maximum absolute atomic E-state index is 12.3. The largest absolute Gasteiger partial charge is 0.341 e. The smallest absolute Gasteiger partial charge is 0.239 e. The Balaban J connectivity index is 1.81. The number of nitrogens with one attached hydrogen (secondary N) is 1. The lowest BCUT2D eigenvalue weighted by atomic mass is 9.80. The van der Waals surface area contributed by atoms with E-state index in [1.165, 1.54) is 25.7 Å². The van der Waals surface area contributed by atoms with Crippen LogP contribution >= 0.6 is 0 Å². The highest BCUT2D eigenvalue weighted by Crippen LogP contribution is 2.31. The predicted molar refractivity (Wildman–Crippen MR) is 74.4 cm³/mol. The summed E-state index contributed by atoms with van der Waals surface area (Å²) in [6.07, 6.45) is 7.51. The van der Waals surface area contributed by atoms with E-state index in [0.717, 1.165) is 44.3 Å². The Morgan fingerprint density at radius 1 is 1.28 bits per heavy atom. The number of nitrogens with zero attached hydrogens (tertiary/aromatic N) is 1. The second-order valence-corrected chi connectivity index (χ2v) is 6.10. The summed E-state index contributed by atoms with van der Waals surface area (Å²) >= 11 is 0. The van der Waals surface area contributed by atoms with Crippen LogP contribution in [0.25, 0.3) is 0 Å². The van der Waals surface area contributed by atoms with Gasteiger partial charge in [-0.2, -0.15) is 0 Å². The van der Waals surface area contributed by atoms with Gasteiger partial charge in [-0.1, -0.05) is 33.1 Å². The van der Waals surface area contributed by atoms with Crippen molar-refractivity contribution in [3.8, 4) is 0 Å². The number of amides is 1. The number of hydrogen-bond donors (Lipinski definition) is 1. The molecule has 3 atom stereocenters. The minimum atomic E-state index is 0.101. The van der Waals surface area contributed by atoms with Gasteiger partial charge in [0.1, 0.15) is 0 Å². The van der Waals surface area contributed by atoms with Gasteiger partial charge in [0.05, 0.1) is 6.04 Å². The number of carbonyl (C=O) groups excluding carboxylic acids is 1. The first kappa shape index (κ1) is 13.9. The third-order valence-electron chi connectivity index (χ3n) is 4.68. The Bertz CT molecular complexity index is 280. The van der Waals surface area contributed by atoms with Crippen molar-refractivity contribution < 1.29 is 4.79 Å². The second-order valence-electron chi connectivity index (χ2n) is 6.10. The lowest BCUT2D eigenvalue weighted by Crippen LogP contribution is -2.41. The molecule has 0 aromatic carbocycles. The minimum Gasteiger partial charge on any atom is -0.341 e. The molecule has 1 saturated carbocycles. The SMILES string of the molecule is CCCNC1CCN(CC2CCCCC2C)C1=O. The van der Waals surface area contributed by atoms with Crippen molar-refractivity contribution in [3.63, 3.8) is 0 Å². The normalized spacial score (nSPS) is 33.1. The van der Waals surface area contributed by atoms with E-state index in [1.54, 1.807) is 0 Å². The van der Waals surface area contributed by atoms with Gasteiger partial charge in [0.2, 0.25) is 5.91 Å². The van der Waals surface area contributed by atoms with Gasteiger partial charge in [-0.05, 0) is 37.6 Å². The van der Waals surface area contributed by atoms with Crippen molar-refractivity contribution in [2.75, 3.05) is 19.6 Å². The molecule has 1 N–H and O–H groups in total. The predicted octanol–water partition coefficient (Wildman–Crippen LogP) is 2.41. The highest BCUT2D eigenvalue weighted by molar-refractivity contribution is 5.83. The van der Waals surface area contributed by atoms with E-state index in [1.807, 2.05) is 0 Å². The molecule has 3 unspecified atom stereocenters. The van der Waals surface area contributed by atoms with Crippen LogP contribution in [0.2, 0.25) is 0 Å². The molecule has 1 saturated heterocycles. The summed E-state index contributed by atoms with van der Waals surface area (Å²) in [4.78, 5) is 14.4. The zero-order valence-corrected chi connectivity index (χ0v) is 12.0. The van der Waals surface area contributed by atoms with Gasteiger partial charge in [-0.15, -0.1) is 0 Å². The van der Waals surface area contributed by atoms with Crippen LogP contribution in [-0.4, -0.2) is 36.5 Å². The van der Waals surface area contributed by atoms with Crippen LogP contribution < -0.4 is 5.32 Å². The van der Waals surface area contributed by atoms with Gasteiger partial charge < -0.3 is 10.2 Å². The van der Waals surface area contributed by atoms with Gasteiger partial charge in [0.15, 0.2) is 0 Å². The Labute approximate surface area is 111 Å². The van der Waals surface area contributed by atoms with Crippen LogP contribution in [0, 0.1) is 11.8 Å². The van der Waals surface area contributed by atoms with Crippen LogP contribution in [0.3, 0.4) is 0 Å². The second kappa shape index (κ2) is 6.55. The summed E-state index contributed by atoms with van der Waals surface area (Å²) in [5, 5.41) is 3.37. The zero-order valence-electron chi connectivity index (χ0n) is 12.0. The lowest BCUT2D eigenvalue weighted by molar-refractivity contribution is -0.130. The van der Waals surface area contributed by atoms with Gasteiger partial charge >= 0.3 is 0 Å². The van der Waals surface area contributed by atoms with Gasteiger partial charge in [0.25, 0.3) is 0 Å². The molecule has 0 bridgehead atoms. The fourth-order valence-electron chi connectivity index (χ4n) is 3.38. The molecule has 0 aromatic rings. The molecule has 2 aliphatic rings. The molecule has 2 fully saturated rings. The molecular formula is C15H28N2O. The molecule has 1 aliphatic heterocycles. The van der Waals surface area contributed by atoms with Crippen LogP contribution in [0.15, 0.2) is 0 Å². The molecule has 3 nitrogen and oxygen atoms in total. The fourth-order valence-corrected chi connectivity index (χ4v) is 3.38. The summed E-state index contributed by atoms with van der Waals surface area (Å²) in [6, 6.07) is 0.101. The summed E-state index contributed by atoms with van der Waals surface area (Å²) in [7, 11) is 0. The van der Waals surface area contributed by atoms with E-state index >= 15 is 0 Å². The van der Waals surface area contributed by atoms with E-state index in [4.69, 9.17) is 0 Å². The average molecular weight is 252 g/mol. The number of carbonyl (C=O) groups is 1. The first-order valence-corrected chi connectivity index (χ1v) is 7.74. The Morgan fingerprint density at radius 2 is 2.06 bits per heavy atom. The summed E-state index contributed by atoms with van der Waals surface area (Å²) in [6.45, 7) is 7.43. The van der Waals surface area contributed by atoms with Crippen LogP contribution in [0.4, 0.5) is 0 Å². The quantitative estimate of drug-likeness (QED) is 0.815. The van der Waals surface area contributed by atoms with Crippen molar-refractivity contribution in [2.24, 2.45) is 11.8 Å². The molecule has 2 rings (SSSR count). The van der Waals surface area contributed by atoms with E-state index in [-0.39, 0.29) is 6.04 Å². The lowest BCUT2D eigenvalue weighted by Gasteiger charge is -2.32. The molecule has 1 amide bonds. The minimum absolute atomic E-state index is 0.101. The summed E-state index contributed by atoms with van der Waals surface area (Å²) in [5.74, 6) is 1.89. The monoisotopic (exact) mass is 252 g/mol. The molecule has 104 valence electrons. The third-order valence-corrected chi connectivity index (χ3v) is 4.68. The van der Waals surface area contributed by atoms with Gasteiger partial charge in [-0.3, -0.25) is 4.79 Å². The average Bonchev–Trinajstić information content (AvgIpc) is 2.71. The van der Waals surface area contributed by atoms with E-state index in [2.05, 4.69) is 24.1 Å². The Morgan fingerprint density at radius 3 is 2.78 bits per heavy atom. The number of hydrogen-bond acceptors (Lipinski definition) is 2. The van der Waals surface area contributed by atoms with Crippen molar-refractivity contribution in [2.45, 2.75) is 58.4 Å². The van der Waals surface area contributed by atoms with Crippen LogP contribution in [-0.2, 0) is 4.79 Å². The Kier molecular flexibility index (Phi) is 5.04. The van der Waals surface area contributed by atoms with E-state index in [9.17, 15) is 4.79 Å². The molecule has 0 spiro atoms. The molecule has 18 heavy (non-hydrogen) atoms. The van der Waals surface area contributed by atoms with Crippen molar-refractivity contribution >= 4 is 5.91 Å². The molecule has 3 heteroatoms. The number of rotatable bonds is 5. The molecule has 1 heterocycles. The molecule has 0 aromatic heterocycles. The van der Waals surface area contributed by atoms with E-state index in [0.29, 0.717) is 5.91 Å². The molecule has 0 radical (unpaired) electrons. The highest BCUT2D eigenvalue weighted by atomic mass is 16.2. The third kappa shape index (κ3) is 3.25. The summed E-state index contributed by atoms with van der Waals surface area (Å²) in [5.41, 5.74) is 0. The number of likely N-dealkylation sites (tertiary alicyclic amines) is 1. The summed E-state index contributed by atoms with van der Waals surface area (Å²) < 4.78 is 0. The van der Waals surface area contributed by atoms with E-state index < -0.39 is 0 Å². The molecule has 1 aliphatic carbocycles. The zero-order chi connectivity index (χ0) is 13.0. The van der Waals surface area contributed by atoms with Crippen LogP contribution in [0.5, 0.6) is 0 Å². The maximum atomic E-state index is 12.3. The van der Waals surface area contributed by atoms with Crippen molar-refractivity contribution in [3.05, 3.63) is 0 Å². The first-order chi connectivity index (χ1) is 8.72.